The summed E-state index contributed by atoms with van der Waals surface area (Å²) < 4.78 is 45.1. The molecule has 252 valence electrons. The van der Waals surface area contributed by atoms with Gasteiger partial charge in [-0.3, -0.25) is 19.1 Å². The topological polar surface area (TPSA) is 115 Å². The highest BCUT2D eigenvalue weighted by Gasteiger charge is 2.47. The summed E-state index contributed by atoms with van der Waals surface area (Å²) >= 11 is 0. The van der Waals surface area contributed by atoms with Crippen LogP contribution in [0.4, 0.5) is 4.39 Å². The number of nitrogens with one attached hydrogen (secondary N) is 2. The fourth-order valence-electron chi connectivity index (χ4n) is 4.74. The highest BCUT2D eigenvalue weighted by Crippen LogP contribution is 2.50. The first kappa shape index (κ1) is 36.1. The van der Waals surface area contributed by atoms with Crippen LogP contribution in [0.25, 0.3) is 0 Å². The van der Waals surface area contributed by atoms with E-state index in [1.165, 1.54) is 6.20 Å². The molecule has 0 radical (unpaired) electrons. The minimum atomic E-state index is -1.75. The first-order chi connectivity index (χ1) is 22.0. The highest BCUT2D eigenvalue weighted by atomic mass is 33.1. The standard InChI is InChI=1S/C31H48FN4O6PS2/c1-21(2)36(22(3)4)43(42-29-24(6)41-30(28(29)32)35-17-16-27(38)34-31(35)39)40-18-10-11-19-44-45-23(5)14-15-26(37)33-20-25-12-8-7-9-13-25/h7-9,12-13,16-17,21-24,28-30H,10-11,14-15,18-20H2,1-6H3,(H,33,37)(H,34,38,39)/t23?,24-,28?,29+,30-,43?/m1/s1/i6D. The first-order valence-corrected chi connectivity index (χ1v) is 18.9. The van der Waals surface area contributed by atoms with Crippen molar-refractivity contribution < 1.29 is 24.3 Å². The Bertz CT molecular complexity index is 1300. The summed E-state index contributed by atoms with van der Waals surface area (Å²) in [6.07, 6.45) is -0.923. The van der Waals surface area contributed by atoms with Crippen LogP contribution < -0.4 is 16.6 Å². The molecular weight excluding hydrogens is 638 g/mol. The third-order valence-electron chi connectivity index (χ3n) is 7.02. The van der Waals surface area contributed by atoms with Crippen LogP contribution in [0.15, 0.2) is 52.2 Å². The zero-order chi connectivity index (χ0) is 33.6. The van der Waals surface area contributed by atoms with Gasteiger partial charge in [0.1, 0.15) is 6.10 Å². The van der Waals surface area contributed by atoms with Crippen LogP contribution in [0, 0.1) is 0 Å². The van der Waals surface area contributed by atoms with E-state index in [2.05, 4.69) is 21.9 Å². The number of amides is 1. The maximum absolute atomic E-state index is 15.8. The van der Waals surface area contributed by atoms with Crippen LogP contribution in [-0.2, 0) is 25.1 Å². The lowest BCUT2D eigenvalue weighted by atomic mass is 10.2. The lowest BCUT2D eigenvalue weighted by Gasteiger charge is -2.37. The number of hydrogen-bond donors (Lipinski definition) is 2. The van der Waals surface area contributed by atoms with Gasteiger partial charge in [0.05, 0.1) is 12.7 Å². The molecule has 0 spiro atoms. The van der Waals surface area contributed by atoms with E-state index in [1.54, 1.807) is 21.6 Å². The van der Waals surface area contributed by atoms with Crippen molar-refractivity contribution in [3.05, 3.63) is 69.0 Å². The Labute approximate surface area is 276 Å². The molecule has 0 saturated carbocycles. The molecule has 1 aliphatic heterocycles. The van der Waals surface area contributed by atoms with Gasteiger partial charge in [0.25, 0.3) is 14.1 Å². The van der Waals surface area contributed by atoms with Crippen molar-refractivity contribution in [3.63, 3.8) is 0 Å². The molecule has 3 rings (SSSR count). The van der Waals surface area contributed by atoms with Gasteiger partial charge in [-0.15, -0.1) is 0 Å². The predicted molar refractivity (Wildman–Crippen MR) is 182 cm³/mol. The lowest BCUT2D eigenvalue weighted by Crippen LogP contribution is -2.38. The summed E-state index contributed by atoms with van der Waals surface area (Å²) in [5.41, 5.74) is -0.293. The number of halogens is 1. The van der Waals surface area contributed by atoms with Crippen molar-refractivity contribution in [2.75, 3.05) is 12.4 Å². The summed E-state index contributed by atoms with van der Waals surface area (Å²) in [4.78, 5) is 38.1. The Balaban J connectivity index is 1.44. The number of alkyl halides is 1. The second kappa shape index (κ2) is 19.2. The number of carbonyl (C=O) groups excluding carboxylic acids is 1. The van der Waals surface area contributed by atoms with Crippen molar-refractivity contribution >= 4 is 36.0 Å². The molecule has 10 nitrogen and oxygen atoms in total. The predicted octanol–water partition coefficient (Wildman–Crippen LogP) is 6.19. The minimum Gasteiger partial charge on any atom is -0.352 e. The Morgan fingerprint density at radius 3 is 2.58 bits per heavy atom. The molecule has 45 heavy (non-hydrogen) atoms. The fraction of sp³-hybridized carbons (Fsp3) is 0.645. The molecule has 1 aromatic heterocycles. The maximum atomic E-state index is 15.8. The van der Waals surface area contributed by atoms with Crippen LogP contribution in [0.2, 0.25) is 0 Å². The number of benzene rings is 1. The largest absolute Gasteiger partial charge is 0.352 e. The molecule has 2 aromatic rings. The molecule has 3 unspecified atom stereocenters. The molecule has 6 atom stereocenters. The van der Waals surface area contributed by atoms with Crippen LogP contribution in [0.1, 0.15) is 80.4 Å². The van der Waals surface area contributed by atoms with Gasteiger partial charge in [-0.05, 0) is 59.4 Å². The van der Waals surface area contributed by atoms with Crippen LogP contribution in [0.3, 0.4) is 0 Å². The Kier molecular flexibility index (Phi) is 15.4. The molecule has 14 heteroatoms. The SMILES string of the molecule is [2H]C[C@H]1O[C@@H](n2ccc(=O)[nH]c2=O)C(F)[C@H]1OP(OCCCCSSC(C)CCC(=O)NCc1ccccc1)N(C(C)C)C(C)C. The Morgan fingerprint density at radius 2 is 1.91 bits per heavy atom. The fourth-order valence-corrected chi connectivity index (χ4v) is 9.03. The number of H-pyrrole nitrogens is 1. The van der Waals surface area contributed by atoms with E-state index < -0.39 is 44.4 Å². The van der Waals surface area contributed by atoms with Crippen molar-refractivity contribution in [2.24, 2.45) is 0 Å². The van der Waals surface area contributed by atoms with E-state index in [-0.39, 0.29) is 24.9 Å². The lowest BCUT2D eigenvalue weighted by molar-refractivity contribution is -0.121. The average Bonchev–Trinajstić information content (AvgIpc) is 3.32. The molecule has 1 fully saturated rings. The molecule has 2 heterocycles. The number of carbonyl (C=O) groups is 1. The van der Waals surface area contributed by atoms with Gasteiger partial charge >= 0.3 is 5.69 Å². The number of aromatic nitrogens is 2. The van der Waals surface area contributed by atoms with Crippen LogP contribution in [0.5, 0.6) is 0 Å². The van der Waals surface area contributed by atoms with Gasteiger partial charge in [0.2, 0.25) is 5.91 Å². The summed E-state index contributed by atoms with van der Waals surface area (Å²) in [6, 6.07) is 11.1. The molecule has 1 amide bonds. The van der Waals surface area contributed by atoms with Gasteiger partial charge in [-0.1, -0.05) is 58.8 Å². The molecule has 1 saturated heterocycles. The normalized spacial score (nSPS) is 21.8. The third kappa shape index (κ3) is 12.1. The zero-order valence-electron chi connectivity index (χ0n) is 27.7. The molecule has 0 aliphatic carbocycles. The van der Waals surface area contributed by atoms with E-state index in [4.69, 9.17) is 15.2 Å². The summed E-state index contributed by atoms with van der Waals surface area (Å²) in [7, 11) is 1.87. The third-order valence-corrected chi connectivity index (χ3v) is 12.2. The van der Waals surface area contributed by atoms with Crippen molar-refractivity contribution in [1.82, 2.24) is 19.5 Å². The number of ether oxygens (including phenoxy) is 1. The first-order valence-electron chi connectivity index (χ1n) is 16.1. The number of rotatable bonds is 19. The van der Waals surface area contributed by atoms with Gasteiger partial charge in [0, 0.05) is 49.7 Å². The second-order valence-corrected chi connectivity index (χ2v) is 15.8. The van der Waals surface area contributed by atoms with Gasteiger partial charge in [-0.25, -0.2) is 13.9 Å². The summed E-state index contributed by atoms with van der Waals surface area (Å²) in [5, 5.41) is 3.32. The number of aromatic amines is 1. The van der Waals surface area contributed by atoms with E-state index in [1.807, 2.05) is 58.0 Å². The molecule has 2 N–H and O–H groups in total. The van der Waals surface area contributed by atoms with Gasteiger partial charge in [-0.2, -0.15) is 0 Å². The maximum Gasteiger partial charge on any atom is 0.330 e. The smallest absolute Gasteiger partial charge is 0.330 e. The van der Waals surface area contributed by atoms with Crippen molar-refractivity contribution in [3.8, 4) is 0 Å². The monoisotopic (exact) mass is 687 g/mol. The van der Waals surface area contributed by atoms with Crippen LogP contribution in [-0.4, -0.2) is 68.2 Å². The zero-order valence-corrected chi connectivity index (χ0v) is 29.3. The average molecular weight is 688 g/mol. The van der Waals surface area contributed by atoms with E-state index in [0.29, 0.717) is 24.8 Å². The second-order valence-electron chi connectivity index (χ2n) is 11.5. The molecule has 1 aliphatic rings. The summed E-state index contributed by atoms with van der Waals surface area (Å²) in [6.45, 7) is 10.9. The molecule has 0 bridgehead atoms. The van der Waals surface area contributed by atoms with E-state index in [9.17, 15) is 14.4 Å². The van der Waals surface area contributed by atoms with E-state index in [0.717, 1.165) is 41.2 Å². The number of hydrogen-bond acceptors (Lipinski definition) is 9. The minimum absolute atomic E-state index is 0.0485. The van der Waals surface area contributed by atoms with Crippen molar-refractivity contribution in [2.45, 2.75) is 116 Å². The Morgan fingerprint density at radius 1 is 1.18 bits per heavy atom. The quantitative estimate of drug-likeness (QED) is 0.101. The number of nitrogens with zero attached hydrogens (tertiary/aromatic N) is 2. The van der Waals surface area contributed by atoms with E-state index >= 15 is 4.39 Å². The summed E-state index contributed by atoms with van der Waals surface area (Å²) in [5.74, 6) is 0.988. The van der Waals surface area contributed by atoms with Crippen molar-refractivity contribution in [1.29, 1.82) is 0 Å². The highest BCUT2D eigenvalue weighted by molar-refractivity contribution is 8.76. The van der Waals surface area contributed by atoms with Crippen LogP contribution >= 0.6 is 30.1 Å². The molecule has 1 aromatic carbocycles. The number of unbranched alkanes of at least 4 members (excludes halogenated alkanes) is 1. The van der Waals surface area contributed by atoms with Gasteiger partial charge in [0.15, 0.2) is 12.4 Å². The Hall–Kier alpha value is -1.73. The van der Waals surface area contributed by atoms with Gasteiger partial charge < -0.3 is 19.1 Å². The molecular formula is C31H48FN4O6PS2.